The van der Waals surface area contributed by atoms with Crippen LogP contribution in [0, 0.1) is 39.7 Å². The van der Waals surface area contributed by atoms with E-state index in [-0.39, 0.29) is 40.8 Å². The Kier molecular flexibility index (Phi) is 5.20. The minimum absolute atomic E-state index is 0.0315. The lowest BCUT2D eigenvalue weighted by Crippen LogP contribution is -2.50. The van der Waals surface area contributed by atoms with Crippen molar-refractivity contribution in [1.29, 1.82) is 0 Å². The van der Waals surface area contributed by atoms with Crippen molar-refractivity contribution in [3.63, 3.8) is 0 Å². The number of amides is 2. The van der Waals surface area contributed by atoms with Crippen molar-refractivity contribution in [1.82, 2.24) is 4.90 Å². The number of hydrogen-bond acceptors (Lipinski definition) is 7. The Morgan fingerprint density at radius 1 is 1.10 bits per heavy atom. The van der Waals surface area contributed by atoms with Crippen LogP contribution in [0.2, 0.25) is 0 Å². The van der Waals surface area contributed by atoms with Crippen molar-refractivity contribution < 1.29 is 28.8 Å². The second kappa shape index (κ2) is 7.72. The predicted octanol–water partition coefficient (Wildman–Crippen LogP) is 2.15. The summed E-state index contributed by atoms with van der Waals surface area (Å²) >= 11 is 0. The highest BCUT2D eigenvalue weighted by molar-refractivity contribution is 6.09. The molecule has 3 aliphatic rings. The van der Waals surface area contributed by atoms with Gasteiger partial charge < -0.3 is 4.74 Å². The lowest BCUT2D eigenvalue weighted by Gasteiger charge is -2.28. The summed E-state index contributed by atoms with van der Waals surface area (Å²) in [5.74, 6) is -3.20. The van der Waals surface area contributed by atoms with Crippen LogP contribution in [0.4, 0.5) is 5.69 Å². The molecule has 4 rings (SSSR count). The third-order valence-corrected chi connectivity index (χ3v) is 6.40. The second-order valence-electron chi connectivity index (χ2n) is 8.57. The molecular formula is C22H22N2O7. The number of allylic oxidation sites excluding steroid dienone is 2. The van der Waals surface area contributed by atoms with Gasteiger partial charge in [-0.15, -0.1) is 0 Å². The molecular weight excluding hydrogens is 404 g/mol. The van der Waals surface area contributed by atoms with E-state index in [0.29, 0.717) is 0 Å². The number of non-ortho nitro benzene ring substituents is 1. The number of hydrogen-bond donors (Lipinski definition) is 0. The monoisotopic (exact) mass is 426 g/mol. The Bertz CT molecular complexity index is 968. The summed E-state index contributed by atoms with van der Waals surface area (Å²) in [6.45, 7) is 2.84. The maximum Gasteiger partial charge on any atom is 0.330 e. The van der Waals surface area contributed by atoms with Crippen molar-refractivity contribution in [2.75, 3.05) is 6.61 Å². The topological polar surface area (TPSA) is 124 Å². The van der Waals surface area contributed by atoms with Gasteiger partial charge >= 0.3 is 5.97 Å². The van der Waals surface area contributed by atoms with Gasteiger partial charge in [0.25, 0.3) is 5.69 Å². The number of rotatable bonds is 7. The van der Waals surface area contributed by atoms with E-state index in [2.05, 4.69) is 0 Å². The van der Waals surface area contributed by atoms with Crippen molar-refractivity contribution in [2.45, 2.75) is 26.3 Å². The number of fused-ring (bicyclic) bond motifs is 5. The lowest BCUT2D eigenvalue weighted by molar-refractivity contribution is -0.384. The number of esters is 1. The summed E-state index contributed by atoms with van der Waals surface area (Å²) in [5, 5.41) is 10.7. The number of ketones is 1. The fraction of sp³-hybridized carbons (Fsp3) is 0.455. The van der Waals surface area contributed by atoms with Gasteiger partial charge in [-0.05, 0) is 36.3 Å². The maximum absolute atomic E-state index is 13.0. The first kappa shape index (κ1) is 20.9. The van der Waals surface area contributed by atoms with Gasteiger partial charge in [0, 0.05) is 17.7 Å². The average molecular weight is 426 g/mol. The molecule has 0 radical (unpaired) electrons. The Labute approximate surface area is 178 Å². The van der Waals surface area contributed by atoms with Crippen molar-refractivity contribution in [3.05, 3.63) is 52.1 Å². The van der Waals surface area contributed by atoms with E-state index in [9.17, 15) is 29.3 Å². The Morgan fingerprint density at radius 2 is 1.65 bits per heavy atom. The van der Waals surface area contributed by atoms with Gasteiger partial charge in [0.1, 0.15) is 6.04 Å². The quantitative estimate of drug-likeness (QED) is 0.163. The molecule has 1 saturated carbocycles. The first-order valence-electron chi connectivity index (χ1n) is 10.2. The molecule has 162 valence electrons. The number of imide groups is 1. The molecule has 0 aromatic heterocycles. The number of nitro benzene ring substituents is 1. The largest absolute Gasteiger partial charge is 0.456 e. The standard InChI is InChI=1S/C22H22N2O7/c1-11(2)19(23-20(26)17-13-3-4-14(9-13)18(17)21(23)27)22(28)31-10-16(25)12-5-7-15(8-6-12)24(29)30/h3-8,11,13-14,17-19H,9-10H2,1-2H3. The number of nitro groups is 1. The molecule has 1 heterocycles. The van der Waals surface area contributed by atoms with Gasteiger partial charge in [0.15, 0.2) is 12.4 Å². The highest BCUT2D eigenvalue weighted by atomic mass is 16.6. The number of Topliss-reactive ketones (excluding diaryl/α,β-unsaturated/α-hetero) is 1. The number of carbonyl (C=O) groups excluding carboxylic acids is 4. The molecule has 9 heteroatoms. The molecule has 2 fully saturated rings. The Balaban J connectivity index is 1.45. The van der Waals surface area contributed by atoms with Gasteiger partial charge in [0.05, 0.1) is 16.8 Å². The minimum atomic E-state index is -1.10. The first-order chi connectivity index (χ1) is 14.7. The summed E-state index contributed by atoms with van der Waals surface area (Å²) in [5.41, 5.74) is -0.00140. The van der Waals surface area contributed by atoms with E-state index in [1.807, 2.05) is 12.2 Å². The number of nitrogens with zero attached hydrogens (tertiary/aromatic N) is 2. The molecule has 31 heavy (non-hydrogen) atoms. The molecule has 1 aliphatic heterocycles. The Morgan fingerprint density at radius 3 is 2.13 bits per heavy atom. The minimum Gasteiger partial charge on any atom is -0.456 e. The van der Waals surface area contributed by atoms with Gasteiger partial charge in [-0.1, -0.05) is 26.0 Å². The van der Waals surface area contributed by atoms with Gasteiger partial charge in [-0.25, -0.2) is 4.79 Å². The highest BCUT2D eigenvalue weighted by Gasteiger charge is 2.61. The zero-order chi connectivity index (χ0) is 22.4. The normalized spacial score (nSPS) is 27.0. The van der Waals surface area contributed by atoms with Crippen LogP contribution >= 0.6 is 0 Å². The van der Waals surface area contributed by atoms with E-state index in [1.165, 1.54) is 24.3 Å². The smallest absolute Gasteiger partial charge is 0.330 e. The highest BCUT2D eigenvalue weighted by Crippen LogP contribution is 2.53. The van der Waals surface area contributed by atoms with Crippen LogP contribution in [0.3, 0.4) is 0 Å². The number of ether oxygens (including phenoxy) is 1. The van der Waals surface area contributed by atoms with Crippen LogP contribution in [-0.4, -0.2) is 46.0 Å². The molecule has 0 N–H and O–H groups in total. The summed E-state index contributed by atoms with van der Waals surface area (Å²) < 4.78 is 5.18. The summed E-state index contributed by atoms with van der Waals surface area (Å²) in [7, 11) is 0. The molecule has 2 amide bonds. The predicted molar refractivity (Wildman–Crippen MR) is 107 cm³/mol. The molecule has 9 nitrogen and oxygen atoms in total. The number of benzene rings is 1. The fourth-order valence-corrected chi connectivity index (χ4v) is 4.95. The molecule has 1 saturated heterocycles. The maximum atomic E-state index is 13.0. The SMILES string of the molecule is CC(C)C(C(=O)OCC(=O)c1ccc([N+](=O)[O-])cc1)N1C(=O)C2C3C=CC(C3)C2C1=O. The molecule has 1 aromatic rings. The Hall–Kier alpha value is -3.36. The summed E-state index contributed by atoms with van der Waals surface area (Å²) in [6, 6.07) is 3.84. The zero-order valence-corrected chi connectivity index (χ0v) is 17.1. The second-order valence-corrected chi connectivity index (χ2v) is 8.57. The van der Waals surface area contributed by atoms with Gasteiger partial charge in [-0.3, -0.25) is 29.4 Å². The van der Waals surface area contributed by atoms with E-state index < -0.39 is 41.2 Å². The van der Waals surface area contributed by atoms with E-state index in [0.717, 1.165) is 11.3 Å². The van der Waals surface area contributed by atoms with Crippen LogP contribution in [0.15, 0.2) is 36.4 Å². The fourth-order valence-electron chi connectivity index (χ4n) is 4.95. The molecule has 2 aliphatic carbocycles. The van der Waals surface area contributed by atoms with Crippen LogP contribution in [0.25, 0.3) is 0 Å². The lowest BCUT2D eigenvalue weighted by atomic mass is 9.85. The van der Waals surface area contributed by atoms with Gasteiger partial charge in [-0.2, -0.15) is 0 Å². The van der Waals surface area contributed by atoms with Crippen molar-refractivity contribution in [2.24, 2.45) is 29.6 Å². The van der Waals surface area contributed by atoms with E-state index in [4.69, 9.17) is 4.74 Å². The summed E-state index contributed by atoms with van der Waals surface area (Å²) in [4.78, 5) is 62.4. The molecule has 1 aromatic carbocycles. The van der Waals surface area contributed by atoms with Crippen molar-refractivity contribution in [3.8, 4) is 0 Å². The van der Waals surface area contributed by atoms with Crippen LogP contribution in [0.5, 0.6) is 0 Å². The molecule has 5 unspecified atom stereocenters. The third kappa shape index (κ3) is 3.43. The average Bonchev–Trinajstić information content (AvgIpc) is 3.42. The molecule has 0 spiro atoms. The van der Waals surface area contributed by atoms with Crippen molar-refractivity contribution >= 4 is 29.3 Å². The van der Waals surface area contributed by atoms with Gasteiger partial charge in [0.2, 0.25) is 11.8 Å². The zero-order valence-electron chi connectivity index (χ0n) is 17.1. The van der Waals surface area contributed by atoms with Crippen LogP contribution in [0.1, 0.15) is 30.6 Å². The van der Waals surface area contributed by atoms with Crippen LogP contribution in [-0.2, 0) is 19.1 Å². The van der Waals surface area contributed by atoms with E-state index >= 15 is 0 Å². The van der Waals surface area contributed by atoms with E-state index in [1.54, 1.807) is 13.8 Å². The third-order valence-electron chi connectivity index (χ3n) is 6.40. The van der Waals surface area contributed by atoms with Crippen LogP contribution < -0.4 is 0 Å². The number of carbonyl (C=O) groups is 4. The first-order valence-corrected chi connectivity index (χ1v) is 10.2. The molecule has 5 atom stereocenters. The molecule has 2 bridgehead atoms. The summed E-state index contributed by atoms with van der Waals surface area (Å²) in [6.07, 6.45) is 4.75. The number of likely N-dealkylation sites (tertiary alicyclic amines) is 1.